The van der Waals surface area contributed by atoms with Crippen LogP contribution in [0.25, 0.3) is 0 Å². The van der Waals surface area contributed by atoms with Crippen LogP contribution in [-0.4, -0.2) is 25.7 Å². The fourth-order valence-corrected chi connectivity index (χ4v) is 5.97. The van der Waals surface area contributed by atoms with E-state index in [4.69, 9.17) is 0 Å². The predicted molar refractivity (Wildman–Crippen MR) is 74.5 cm³/mol. The number of hydrogen-bond donors (Lipinski definition) is 2. The van der Waals surface area contributed by atoms with Gasteiger partial charge in [0.2, 0.25) is 0 Å². The minimum atomic E-state index is 0.763. The summed E-state index contributed by atoms with van der Waals surface area (Å²) in [6, 6.07) is 0.763. The minimum Gasteiger partial charge on any atom is -0.315 e. The first-order chi connectivity index (χ1) is 8.81. The summed E-state index contributed by atoms with van der Waals surface area (Å²) in [5, 5.41) is 7.25. The zero-order chi connectivity index (χ0) is 12.0. The number of rotatable bonds is 4. The molecule has 2 nitrogen and oxygen atoms in total. The molecule has 0 aromatic heterocycles. The Morgan fingerprint density at radius 3 is 2.22 bits per heavy atom. The van der Waals surface area contributed by atoms with Gasteiger partial charge >= 0.3 is 0 Å². The van der Waals surface area contributed by atoms with E-state index in [2.05, 4.69) is 10.6 Å². The molecule has 5 aliphatic rings. The van der Waals surface area contributed by atoms with Gasteiger partial charge in [-0.25, -0.2) is 0 Å². The van der Waals surface area contributed by atoms with Gasteiger partial charge in [-0.05, 0) is 87.6 Å². The van der Waals surface area contributed by atoms with Crippen molar-refractivity contribution in [3.8, 4) is 0 Å². The summed E-state index contributed by atoms with van der Waals surface area (Å²) in [6.07, 6.45) is 12.3. The van der Waals surface area contributed by atoms with Crippen molar-refractivity contribution in [1.82, 2.24) is 10.6 Å². The molecule has 4 aliphatic carbocycles. The first-order valence-electron chi connectivity index (χ1n) is 8.25. The van der Waals surface area contributed by atoms with Crippen LogP contribution in [-0.2, 0) is 0 Å². The first kappa shape index (κ1) is 11.7. The van der Waals surface area contributed by atoms with Crippen LogP contribution in [0, 0.1) is 23.2 Å². The van der Waals surface area contributed by atoms with Crippen LogP contribution >= 0.6 is 0 Å². The van der Waals surface area contributed by atoms with Crippen molar-refractivity contribution in [2.75, 3.05) is 19.6 Å². The standard InChI is InChI=1S/C16H28N2/c1-3-17-11-15(1)18-4-2-16-8-12-5-13(9-16)7-14(6-12)10-16/h12-15,17-18H,1-11H2. The van der Waals surface area contributed by atoms with Crippen molar-refractivity contribution in [2.24, 2.45) is 23.2 Å². The molecule has 0 aromatic carbocycles. The summed E-state index contributed by atoms with van der Waals surface area (Å²) in [4.78, 5) is 0. The highest BCUT2D eigenvalue weighted by Crippen LogP contribution is 2.61. The molecule has 18 heavy (non-hydrogen) atoms. The molecule has 5 fully saturated rings. The Kier molecular flexibility index (Phi) is 2.92. The van der Waals surface area contributed by atoms with Gasteiger partial charge in [0.15, 0.2) is 0 Å². The first-order valence-corrected chi connectivity index (χ1v) is 8.25. The maximum Gasteiger partial charge on any atom is 0.0204 e. The molecule has 0 radical (unpaired) electrons. The molecular formula is C16H28N2. The molecule has 1 atom stereocenters. The lowest BCUT2D eigenvalue weighted by atomic mass is 9.49. The van der Waals surface area contributed by atoms with Gasteiger partial charge in [0.25, 0.3) is 0 Å². The number of hydrogen-bond acceptors (Lipinski definition) is 2. The Balaban J connectivity index is 1.33. The van der Waals surface area contributed by atoms with Crippen LogP contribution in [0.2, 0.25) is 0 Å². The highest BCUT2D eigenvalue weighted by Gasteiger charge is 2.50. The van der Waals surface area contributed by atoms with Crippen molar-refractivity contribution in [3.05, 3.63) is 0 Å². The summed E-state index contributed by atoms with van der Waals surface area (Å²) in [7, 11) is 0. The highest BCUT2D eigenvalue weighted by molar-refractivity contribution is 5.01. The summed E-state index contributed by atoms with van der Waals surface area (Å²) >= 11 is 0. The van der Waals surface area contributed by atoms with Crippen molar-refractivity contribution in [2.45, 2.75) is 57.4 Å². The summed E-state index contributed by atoms with van der Waals surface area (Å²) in [6.45, 7) is 3.69. The van der Waals surface area contributed by atoms with E-state index in [9.17, 15) is 0 Å². The monoisotopic (exact) mass is 248 g/mol. The lowest BCUT2D eigenvalue weighted by Gasteiger charge is -2.57. The quantitative estimate of drug-likeness (QED) is 0.799. The highest BCUT2D eigenvalue weighted by atomic mass is 15.0. The van der Waals surface area contributed by atoms with E-state index in [1.165, 1.54) is 32.5 Å². The van der Waals surface area contributed by atoms with Gasteiger partial charge in [0.1, 0.15) is 0 Å². The Morgan fingerprint density at radius 1 is 1.00 bits per heavy atom. The van der Waals surface area contributed by atoms with Gasteiger partial charge in [-0.1, -0.05) is 0 Å². The maximum atomic E-state index is 3.79. The smallest absolute Gasteiger partial charge is 0.0204 e. The van der Waals surface area contributed by atoms with Crippen molar-refractivity contribution in [3.63, 3.8) is 0 Å². The van der Waals surface area contributed by atoms with Crippen LogP contribution in [0.3, 0.4) is 0 Å². The van der Waals surface area contributed by atoms with E-state index in [0.717, 1.165) is 29.2 Å². The Labute approximate surface area is 111 Å². The zero-order valence-corrected chi connectivity index (χ0v) is 11.6. The van der Waals surface area contributed by atoms with Gasteiger partial charge < -0.3 is 10.6 Å². The number of nitrogens with one attached hydrogen (secondary N) is 2. The molecular weight excluding hydrogens is 220 g/mol. The summed E-state index contributed by atoms with van der Waals surface area (Å²) < 4.78 is 0. The van der Waals surface area contributed by atoms with Crippen LogP contribution < -0.4 is 10.6 Å². The van der Waals surface area contributed by atoms with Crippen LogP contribution in [0.5, 0.6) is 0 Å². The fraction of sp³-hybridized carbons (Fsp3) is 1.00. The summed E-state index contributed by atoms with van der Waals surface area (Å²) in [5.41, 5.74) is 0.772. The van der Waals surface area contributed by atoms with E-state index < -0.39 is 0 Å². The van der Waals surface area contributed by atoms with Gasteiger partial charge in [-0.2, -0.15) is 0 Å². The Hall–Kier alpha value is -0.0800. The van der Waals surface area contributed by atoms with Crippen molar-refractivity contribution < 1.29 is 0 Å². The third kappa shape index (κ3) is 2.12. The van der Waals surface area contributed by atoms with Crippen molar-refractivity contribution >= 4 is 0 Å². The zero-order valence-electron chi connectivity index (χ0n) is 11.6. The minimum absolute atomic E-state index is 0.763. The van der Waals surface area contributed by atoms with Crippen LogP contribution in [0.4, 0.5) is 0 Å². The Morgan fingerprint density at radius 2 is 1.67 bits per heavy atom. The average molecular weight is 248 g/mol. The molecule has 1 unspecified atom stereocenters. The normalized spacial score (nSPS) is 50.0. The van der Waals surface area contributed by atoms with E-state index in [0.29, 0.717) is 0 Å². The molecule has 4 bridgehead atoms. The molecule has 4 saturated carbocycles. The largest absolute Gasteiger partial charge is 0.315 e. The van der Waals surface area contributed by atoms with E-state index in [-0.39, 0.29) is 0 Å². The van der Waals surface area contributed by atoms with Gasteiger partial charge in [-0.3, -0.25) is 0 Å². The topological polar surface area (TPSA) is 24.1 Å². The molecule has 0 spiro atoms. The molecule has 0 amide bonds. The second kappa shape index (κ2) is 4.49. The van der Waals surface area contributed by atoms with E-state index >= 15 is 0 Å². The van der Waals surface area contributed by atoms with Gasteiger partial charge in [0, 0.05) is 12.6 Å². The lowest BCUT2D eigenvalue weighted by molar-refractivity contribution is -0.0569. The second-order valence-electron chi connectivity index (χ2n) is 7.81. The fourth-order valence-electron chi connectivity index (χ4n) is 5.97. The summed E-state index contributed by atoms with van der Waals surface area (Å²) in [5.74, 6) is 3.35. The van der Waals surface area contributed by atoms with Gasteiger partial charge in [-0.15, -0.1) is 0 Å². The van der Waals surface area contributed by atoms with Crippen LogP contribution in [0.15, 0.2) is 0 Å². The SMILES string of the molecule is C1CC(NCCC23CC4CC(CC(C4)C2)C3)CN1. The molecule has 1 aliphatic heterocycles. The molecule has 1 saturated heterocycles. The van der Waals surface area contributed by atoms with Crippen molar-refractivity contribution in [1.29, 1.82) is 0 Å². The van der Waals surface area contributed by atoms with E-state index in [1.807, 2.05) is 0 Å². The molecule has 102 valence electrons. The molecule has 5 rings (SSSR count). The Bertz CT molecular complexity index is 271. The van der Waals surface area contributed by atoms with Crippen LogP contribution in [0.1, 0.15) is 51.4 Å². The average Bonchev–Trinajstić information content (AvgIpc) is 2.79. The predicted octanol–water partition coefficient (Wildman–Crippen LogP) is 2.54. The van der Waals surface area contributed by atoms with Gasteiger partial charge in [0.05, 0.1) is 0 Å². The third-order valence-electron chi connectivity index (χ3n) is 6.31. The molecule has 2 N–H and O–H groups in total. The molecule has 0 aromatic rings. The molecule has 2 heteroatoms. The molecule has 1 heterocycles. The van der Waals surface area contributed by atoms with E-state index in [1.54, 1.807) is 38.5 Å². The third-order valence-corrected chi connectivity index (χ3v) is 6.31. The second-order valence-corrected chi connectivity index (χ2v) is 7.81. The maximum absolute atomic E-state index is 3.79. The lowest BCUT2D eigenvalue weighted by Crippen LogP contribution is -2.47.